The molecule has 0 spiro atoms. The molecule has 0 radical (unpaired) electrons. The fraction of sp³-hybridized carbons (Fsp3) is 1.00. The first-order chi connectivity index (χ1) is 11.3. The topological polar surface area (TPSA) is 18.5 Å². The SMILES string of the molecule is COC(CCCCCCCCCCCCCCCCCBr)OC. The van der Waals surface area contributed by atoms with E-state index < -0.39 is 0 Å². The molecule has 0 unspecified atom stereocenters. The van der Waals surface area contributed by atoms with E-state index in [0.29, 0.717) is 0 Å². The van der Waals surface area contributed by atoms with Gasteiger partial charge in [0.1, 0.15) is 0 Å². The Kier molecular flexibility index (Phi) is 20.8. The fourth-order valence-corrected chi connectivity index (χ4v) is 3.43. The Morgan fingerprint density at radius 3 is 1.13 bits per heavy atom. The summed E-state index contributed by atoms with van der Waals surface area (Å²) >= 11 is 3.49. The molecule has 0 bridgehead atoms. The highest BCUT2D eigenvalue weighted by atomic mass is 79.9. The van der Waals surface area contributed by atoms with Crippen LogP contribution in [0.2, 0.25) is 0 Å². The summed E-state index contributed by atoms with van der Waals surface area (Å²) in [5.41, 5.74) is 0. The zero-order valence-corrected chi connectivity index (χ0v) is 17.4. The van der Waals surface area contributed by atoms with Gasteiger partial charge in [-0.1, -0.05) is 99.4 Å². The molecule has 0 aromatic rings. The number of unbranched alkanes of at least 4 members (excludes halogenated alkanes) is 14. The molecule has 0 amide bonds. The molecule has 0 rings (SSSR count). The molecule has 0 saturated heterocycles. The minimum absolute atomic E-state index is 0.000555. The molecule has 0 aliphatic carbocycles. The van der Waals surface area contributed by atoms with Crippen molar-refractivity contribution < 1.29 is 9.47 Å². The Morgan fingerprint density at radius 1 is 0.522 bits per heavy atom. The molecule has 2 nitrogen and oxygen atoms in total. The zero-order valence-electron chi connectivity index (χ0n) is 15.8. The van der Waals surface area contributed by atoms with Crippen LogP contribution in [0, 0.1) is 0 Å². The minimum Gasteiger partial charge on any atom is -0.356 e. The summed E-state index contributed by atoms with van der Waals surface area (Å²) < 4.78 is 10.4. The predicted molar refractivity (Wildman–Crippen MR) is 105 cm³/mol. The molecule has 0 N–H and O–H groups in total. The maximum atomic E-state index is 5.20. The fourth-order valence-electron chi connectivity index (χ4n) is 3.04. The zero-order chi connectivity index (χ0) is 17.0. The first-order valence-corrected chi connectivity index (χ1v) is 11.1. The number of halogens is 1. The van der Waals surface area contributed by atoms with Crippen LogP contribution in [0.3, 0.4) is 0 Å². The van der Waals surface area contributed by atoms with Gasteiger partial charge in [-0.05, 0) is 19.3 Å². The lowest BCUT2D eigenvalue weighted by atomic mass is 10.0. The van der Waals surface area contributed by atoms with Gasteiger partial charge in [0.2, 0.25) is 0 Å². The van der Waals surface area contributed by atoms with Gasteiger partial charge in [0.15, 0.2) is 6.29 Å². The van der Waals surface area contributed by atoms with Gasteiger partial charge in [0, 0.05) is 19.5 Å². The minimum atomic E-state index is -0.000555. The summed E-state index contributed by atoms with van der Waals surface area (Å²) in [6.07, 6.45) is 22.1. The van der Waals surface area contributed by atoms with Crippen LogP contribution >= 0.6 is 15.9 Å². The summed E-state index contributed by atoms with van der Waals surface area (Å²) in [5, 5.41) is 1.17. The number of ether oxygens (including phenoxy) is 2. The van der Waals surface area contributed by atoms with Crippen LogP contribution in [-0.2, 0) is 9.47 Å². The van der Waals surface area contributed by atoms with Crippen LogP contribution < -0.4 is 0 Å². The highest BCUT2D eigenvalue weighted by Gasteiger charge is 2.03. The normalized spacial score (nSPS) is 11.5. The molecule has 3 heteroatoms. The summed E-state index contributed by atoms with van der Waals surface area (Å²) in [4.78, 5) is 0. The van der Waals surface area contributed by atoms with Crippen molar-refractivity contribution in [2.24, 2.45) is 0 Å². The van der Waals surface area contributed by atoms with Crippen LogP contribution in [-0.4, -0.2) is 25.8 Å². The van der Waals surface area contributed by atoms with Crippen molar-refractivity contribution in [1.29, 1.82) is 0 Å². The third kappa shape index (κ3) is 18.6. The summed E-state index contributed by atoms with van der Waals surface area (Å²) in [7, 11) is 3.44. The average Bonchev–Trinajstić information content (AvgIpc) is 2.58. The van der Waals surface area contributed by atoms with E-state index in [1.807, 2.05) is 0 Å². The monoisotopic (exact) mass is 392 g/mol. The summed E-state index contributed by atoms with van der Waals surface area (Å²) in [6, 6.07) is 0. The Balaban J connectivity index is 3.02. The number of methoxy groups -OCH3 is 2. The van der Waals surface area contributed by atoms with E-state index in [2.05, 4.69) is 15.9 Å². The van der Waals surface area contributed by atoms with E-state index in [4.69, 9.17) is 9.47 Å². The number of hydrogen-bond acceptors (Lipinski definition) is 2. The second-order valence-electron chi connectivity index (χ2n) is 6.68. The van der Waals surface area contributed by atoms with Crippen LogP contribution in [0.25, 0.3) is 0 Å². The molecule has 0 saturated carbocycles. The average molecular weight is 393 g/mol. The third-order valence-electron chi connectivity index (χ3n) is 4.60. The molecule has 0 aliphatic rings. The highest BCUT2D eigenvalue weighted by molar-refractivity contribution is 9.09. The Morgan fingerprint density at radius 2 is 0.826 bits per heavy atom. The maximum Gasteiger partial charge on any atom is 0.156 e. The lowest BCUT2D eigenvalue weighted by molar-refractivity contribution is -0.107. The molecule has 0 heterocycles. The van der Waals surface area contributed by atoms with Gasteiger partial charge in [0.05, 0.1) is 0 Å². The molecular formula is C20H41BrO2. The second-order valence-corrected chi connectivity index (χ2v) is 7.47. The van der Waals surface area contributed by atoms with E-state index in [9.17, 15) is 0 Å². The molecular weight excluding hydrogens is 352 g/mol. The van der Waals surface area contributed by atoms with Crippen molar-refractivity contribution in [2.45, 2.75) is 109 Å². The van der Waals surface area contributed by atoms with Gasteiger partial charge in [-0.3, -0.25) is 0 Å². The Hall–Kier alpha value is 0.400. The van der Waals surface area contributed by atoms with Gasteiger partial charge in [0.25, 0.3) is 0 Å². The van der Waals surface area contributed by atoms with E-state index in [1.54, 1.807) is 14.2 Å². The van der Waals surface area contributed by atoms with Gasteiger partial charge in [-0.15, -0.1) is 0 Å². The van der Waals surface area contributed by atoms with E-state index in [-0.39, 0.29) is 6.29 Å². The van der Waals surface area contributed by atoms with Gasteiger partial charge >= 0.3 is 0 Å². The van der Waals surface area contributed by atoms with Crippen molar-refractivity contribution >= 4 is 15.9 Å². The molecule has 0 atom stereocenters. The molecule has 23 heavy (non-hydrogen) atoms. The lowest BCUT2D eigenvalue weighted by Crippen LogP contribution is -2.12. The second kappa shape index (κ2) is 20.4. The van der Waals surface area contributed by atoms with E-state index >= 15 is 0 Å². The smallest absolute Gasteiger partial charge is 0.156 e. The molecule has 140 valence electrons. The Bertz CT molecular complexity index is 208. The van der Waals surface area contributed by atoms with Crippen molar-refractivity contribution in [1.82, 2.24) is 0 Å². The maximum absolute atomic E-state index is 5.20. The van der Waals surface area contributed by atoms with Crippen molar-refractivity contribution in [3.8, 4) is 0 Å². The summed E-state index contributed by atoms with van der Waals surface area (Å²) in [5.74, 6) is 0. The van der Waals surface area contributed by atoms with Crippen LogP contribution in [0.15, 0.2) is 0 Å². The van der Waals surface area contributed by atoms with Gasteiger partial charge in [-0.2, -0.15) is 0 Å². The van der Waals surface area contributed by atoms with Crippen molar-refractivity contribution in [2.75, 3.05) is 19.5 Å². The molecule has 0 aromatic heterocycles. The Labute approximate surface area is 154 Å². The highest BCUT2D eigenvalue weighted by Crippen LogP contribution is 2.14. The first-order valence-electron chi connectivity index (χ1n) is 9.96. The molecule has 0 aromatic carbocycles. The largest absolute Gasteiger partial charge is 0.356 e. The van der Waals surface area contributed by atoms with Crippen LogP contribution in [0.5, 0.6) is 0 Å². The molecule has 0 aliphatic heterocycles. The number of rotatable bonds is 19. The third-order valence-corrected chi connectivity index (χ3v) is 5.16. The lowest BCUT2D eigenvalue weighted by Gasteiger charge is -2.12. The number of hydrogen-bond donors (Lipinski definition) is 0. The predicted octanol–water partition coefficient (Wildman–Crippen LogP) is 7.24. The van der Waals surface area contributed by atoms with Crippen LogP contribution in [0.4, 0.5) is 0 Å². The first kappa shape index (κ1) is 23.4. The van der Waals surface area contributed by atoms with E-state index in [1.165, 1.54) is 102 Å². The van der Waals surface area contributed by atoms with Crippen molar-refractivity contribution in [3.05, 3.63) is 0 Å². The number of alkyl halides is 1. The summed E-state index contributed by atoms with van der Waals surface area (Å²) in [6.45, 7) is 0. The van der Waals surface area contributed by atoms with Crippen LogP contribution in [0.1, 0.15) is 103 Å². The molecule has 0 fully saturated rings. The quantitative estimate of drug-likeness (QED) is 0.131. The van der Waals surface area contributed by atoms with E-state index in [0.717, 1.165) is 6.42 Å². The van der Waals surface area contributed by atoms with Gasteiger partial charge in [-0.25, -0.2) is 0 Å². The van der Waals surface area contributed by atoms with Crippen molar-refractivity contribution in [3.63, 3.8) is 0 Å². The van der Waals surface area contributed by atoms with Gasteiger partial charge < -0.3 is 9.47 Å². The standard InChI is InChI=1S/C20H41BrO2/c1-22-20(23-2)18-16-14-12-10-8-6-4-3-5-7-9-11-13-15-17-19-21/h20H,3-19H2,1-2H3.